The minimum atomic E-state index is -3.76. The molecule has 0 saturated carbocycles. The van der Waals surface area contributed by atoms with Gasteiger partial charge >= 0.3 is 0 Å². The van der Waals surface area contributed by atoms with E-state index >= 15 is 0 Å². The number of sulfonamides is 1. The minimum absolute atomic E-state index is 0.00492. The van der Waals surface area contributed by atoms with Crippen LogP contribution in [-0.2, 0) is 10.0 Å². The Morgan fingerprint density at radius 2 is 1.73 bits per heavy atom. The van der Waals surface area contributed by atoms with Gasteiger partial charge in [-0.2, -0.15) is 4.31 Å². The van der Waals surface area contributed by atoms with Crippen molar-refractivity contribution in [3.05, 3.63) is 52.5 Å². The average Bonchev–Trinajstić information content (AvgIpc) is 3.33. The molecule has 178 valence electrons. The first kappa shape index (κ1) is 23.9. The largest absolute Gasteiger partial charge is 0.497 e. The van der Waals surface area contributed by atoms with Gasteiger partial charge in [0.05, 0.1) is 25.3 Å². The maximum Gasteiger partial charge on any atom is 0.254 e. The molecule has 1 amide bonds. The molecule has 7 nitrogen and oxygen atoms in total. The number of ether oxygens (including phenoxy) is 2. The summed E-state index contributed by atoms with van der Waals surface area (Å²) >= 11 is 6.30. The smallest absolute Gasteiger partial charge is 0.254 e. The number of hydrogen-bond acceptors (Lipinski definition) is 5. The summed E-state index contributed by atoms with van der Waals surface area (Å²) in [5.41, 5.74) is 1.22. The minimum Gasteiger partial charge on any atom is -0.497 e. The Balaban J connectivity index is 1.65. The molecule has 2 aliphatic heterocycles. The van der Waals surface area contributed by atoms with Crippen molar-refractivity contribution < 1.29 is 22.7 Å². The summed E-state index contributed by atoms with van der Waals surface area (Å²) in [4.78, 5) is 15.3. The van der Waals surface area contributed by atoms with Crippen molar-refractivity contribution in [2.75, 3.05) is 33.9 Å². The number of nitrogens with zero attached hydrogens (tertiary/aromatic N) is 2. The van der Waals surface area contributed by atoms with Gasteiger partial charge in [-0.3, -0.25) is 4.79 Å². The summed E-state index contributed by atoms with van der Waals surface area (Å²) in [5, 5.41) is 0.131. The van der Waals surface area contributed by atoms with Crippen molar-refractivity contribution in [2.24, 2.45) is 0 Å². The van der Waals surface area contributed by atoms with E-state index in [9.17, 15) is 13.2 Å². The highest BCUT2D eigenvalue weighted by atomic mass is 35.5. The van der Waals surface area contributed by atoms with Gasteiger partial charge in [0.1, 0.15) is 16.4 Å². The molecule has 0 radical (unpaired) electrons. The molecule has 33 heavy (non-hydrogen) atoms. The normalized spacial score (nSPS) is 19.5. The van der Waals surface area contributed by atoms with Crippen LogP contribution in [0.2, 0.25) is 5.02 Å². The van der Waals surface area contributed by atoms with Crippen molar-refractivity contribution in [3.8, 4) is 11.5 Å². The quantitative estimate of drug-likeness (QED) is 0.593. The van der Waals surface area contributed by atoms with Crippen molar-refractivity contribution >= 4 is 27.5 Å². The maximum atomic E-state index is 13.5. The molecule has 2 aromatic rings. The van der Waals surface area contributed by atoms with Gasteiger partial charge in [-0.25, -0.2) is 8.42 Å². The molecule has 2 fully saturated rings. The lowest BCUT2D eigenvalue weighted by Crippen LogP contribution is -2.36. The van der Waals surface area contributed by atoms with Crippen molar-refractivity contribution in [3.63, 3.8) is 0 Å². The average molecular weight is 493 g/mol. The monoisotopic (exact) mass is 492 g/mol. The Morgan fingerprint density at radius 3 is 2.42 bits per heavy atom. The Kier molecular flexibility index (Phi) is 7.16. The zero-order valence-corrected chi connectivity index (χ0v) is 20.5. The first-order chi connectivity index (χ1) is 15.9. The number of benzene rings is 2. The lowest BCUT2D eigenvalue weighted by atomic mass is 10.0. The number of halogens is 1. The molecule has 0 spiro atoms. The van der Waals surface area contributed by atoms with E-state index in [2.05, 4.69) is 0 Å². The topological polar surface area (TPSA) is 76.2 Å². The zero-order valence-electron chi connectivity index (χ0n) is 18.9. The third kappa shape index (κ3) is 4.69. The summed E-state index contributed by atoms with van der Waals surface area (Å²) in [7, 11) is -0.573. The van der Waals surface area contributed by atoms with Crippen molar-refractivity contribution in [2.45, 2.75) is 43.0 Å². The van der Waals surface area contributed by atoms with Crippen LogP contribution in [0.5, 0.6) is 11.5 Å². The fourth-order valence-electron chi connectivity index (χ4n) is 4.67. The molecule has 2 saturated heterocycles. The number of rotatable bonds is 6. The zero-order chi connectivity index (χ0) is 23.6. The molecule has 2 aliphatic rings. The highest BCUT2D eigenvalue weighted by Gasteiger charge is 2.34. The van der Waals surface area contributed by atoms with Crippen LogP contribution >= 0.6 is 11.6 Å². The predicted octanol–water partition coefficient (Wildman–Crippen LogP) is 4.51. The molecule has 9 heteroatoms. The van der Waals surface area contributed by atoms with E-state index in [0.29, 0.717) is 36.7 Å². The molecule has 0 N–H and O–H groups in total. The van der Waals surface area contributed by atoms with E-state index < -0.39 is 10.0 Å². The molecule has 0 aliphatic carbocycles. The summed E-state index contributed by atoms with van der Waals surface area (Å²) < 4.78 is 38.8. The maximum absolute atomic E-state index is 13.5. The van der Waals surface area contributed by atoms with E-state index in [1.54, 1.807) is 25.2 Å². The molecule has 1 unspecified atom stereocenters. The van der Waals surface area contributed by atoms with Crippen LogP contribution in [-0.4, -0.2) is 57.4 Å². The van der Waals surface area contributed by atoms with Crippen LogP contribution in [0.15, 0.2) is 41.3 Å². The van der Waals surface area contributed by atoms with E-state index in [1.807, 2.05) is 18.2 Å². The molecule has 2 aromatic carbocycles. The van der Waals surface area contributed by atoms with Crippen LogP contribution in [0.3, 0.4) is 0 Å². The third-order valence-corrected chi connectivity index (χ3v) is 8.80. The first-order valence-corrected chi connectivity index (χ1v) is 13.0. The van der Waals surface area contributed by atoms with E-state index in [1.165, 1.54) is 16.4 Å². The van der Waals surface area contributed by atoms with Crippen LogP contribution in [0.4, 0.5) is 0 Å². The summed E-state index contributed by atoms with van der Waals surface area (Å²) in [6, 6.07) is 9.94. The molecule has 0 bridgehead atoms. The molecular weight excluding hydrogens is 464 g/mol. The van der Waals surface area contributed by atoms with Gasteiger partial charge in [-0.15, -0.1) is 0 Å². The van der Waals surface area contributed by atoms with Crippen LogP contribution < -0.4 is 9.47 Å². The van der Waals surface area contributed by atoms with E-state index in [-0.39, 0.29) is 21.9 Å². The van der Waals surface area contributed by atoms with E-state index in [4.69, 9.17) is 21.1 Å². The second-order valence-corrected chi connectivity index (χ2v) is 10.7. The van der Waals surface area contributed by atoms with Gasteiger partial charge in [-0.1, -0.05) is 18.0 Å². The number of piperidine rings is 1. The number of likely N-dealkylation sites (tertiary alicyclic amines) is 1. The number of hydrogen-bond donors (Lipinski definition) is 0. The van der Waals surface area contributed by atoms with Gasteiger partial charge in [-0.05, 0) is 56.0 Å². The molecule has 2 heterocycles. The highest BCUT2D eigenvalue weighted by molar-refractivity contribution is 7.89. The summed E-state index contributed by atoms with van der Waals surface area (Å²) in [6.45, 7) is 1.53. The van der Waals surface area contributed by atoms with Crippen LogP contribution in [0, 0.1) is 0 Å². The van der Waals surface area contributed by atoms with Gasteiger partial charge in [0, 0.05) is 36.8 Å². The van der Waals surface area contributed by atoms with Crippen molar-refractivity contribution in [1.29, 1.82) is 0 Å². The Hall–Kier alpha value is -2.29. The Labute approximate surface area is 200 Å². The highest BCUT2D eigenvalue weighted by Crippen LogP contribution is 2.40. The predicted molar refractivity (Wildman–Crippen MR) is 127 cm³/mol. The fraction of sp³-hybridized carbons (Fsp3) is 0.458. The molecule has 1 atom stereocenters. The summed E-state index contributed by atoms with van der Waals surface area (Å²) in [5.74, 6) is 1.11. The lowest BCUT2D eigenvalue weighted by Gasteiger charge is -2.28. The third-order valence-electron chi connectivity index (χ3n) is 6.42. The summed E-state index contributed by atoms with van der Waals surface area (Å²) in [6.07, 6.45) is 4.31. The van der Waals surface area contributed by atoms with Gasteiger partial charge in [0.2, 0.25) is 10.0 Å². The first-order valence-electron chi connectivity index (χ1n) is 11.2. The molecule has 4 rings (SSSR count). The SMILES string of the molecule is COc1ccc(C2CCCN2C(=O)c2ccc(Cl)c(S(=O)(=O)N3CCCCC3)c2)c(OC)c1. The van der Waals surface area contributed by atoms with Gasteiger partial charge < -0.3 is 14.4 Å². The number of amides is 1. The van der Waals surface area contributed by atoms with E-state index in [0.717, 1.165) is 37.7 Å². The second-order valence-electron chi connectivity index (χ2n) is 8.37. The number of carbonyl (C=O) groups excluding carboxylic acids is 1. The van der Waals surface area contributed by atoms with Crippen LogP contribution in [0.1, 0.15) is 54.1 Å². The van der Waals surface area contributed by atoms with Crippen LogP contribution in [0.25, 0.3) is 0 Å². The van der Waals surface area contributed by atoms with Crippen molar-refractivity contribution in [1.82, 2.24) is 9.21 Å². The lowest BCUT2D eigenvalue weighted by molar-refractivity contribution is 0.0734. The number of carbonyl (C=O) groups is 1. The second kappa shape index (κ2) is 9.91. The van der Waals surface area contributed by atoms with Gasteiger partial charge in [0.25, 0.3) is 5.91 Å². The molecule has 0 aromatic heterocycles. The number of methoxy groups -OCH3 is 2. The Bertz CT molecular complexity index is 1130. The molecular formula is C24H29ClN2O5S. The fourth-order valence-corrected chi connectivity index (χ4v) is 6.69. The standard InChI is InChI=1S/C24H29ClN2O5S/c1-31-18-9-10-19(22(16-18)32-2)21-7-6-14-27(21)24(28)17-8-11-20(25)23(15-17)33(29,30)26-12-4-3-5-13-26/h8-11,15-16,21H,3-7,12-14H2,1-2H3. The van der Waals surface area contributed by atoms with Gasteiger partial charge in [0.15, 0.2) is 0 Å². The Morgan fingerprint density at radius 1 is 0.970 bits per heavy atom.